The van der Waals surface area contributed by atoms with Gasteiger partial charge in [-0.05, 0) is 35.9 Å². The van der Waals surface area contributed by atoms with Crippen LogP contribution in [0.4, 0.5) is 0 Å². The molecule has 0 saturated heterocycles. The maximum Gasteiger partial charge on any atom is 0.258 e. The van der Waals surface area contributed by atoms with Crippen molar-refractivity contribution in [3.63, 3.8) is 0 Å². The second kappa shape index (κ2) is 7.90. The lowest BCUT2D eigenvalue weighted by Crippen LogP contribution is -2.30. The van der Waals surface area contributed by atoms with Crippen LogP contribution in [0.25, 0.3) is 0 Å². The highest BCUT2D eigenvalue weighted by atomic mass is 35.5. The van der Waals surface area contributed by atoms with Crippen LogP contribution in [0.15, 0.2) is 71.3 Å². The SMILES string of the molecule is COc1ccc(Cl)cc1C(=O)N(Cc1ccccc1)Cc1ccco1. The molecule has 1 aromatic heterocycles. The van der Waals surface area contributed by atoms with Crippen molar-refractivity contribution in [1.29, 1.82) is 0 Å². The highest BCUT2D eigenvalue weighted by molar-refractivity contribution is 6.31. The Hall–Kier alpha value is -2.72. The van der Waals surface area contributed by atoms with Crippen LogP contribution in [0.2, 0.25) is 5.02 Å². The van der Waals surface area contributed by atoms with Gasteiger partial charge in [0.2, 0.25) is 0 Å². The molecule has 0 unspecified atom stereocenters. The monoisotopic (exact) mass is 355 g/mol. The van der Waals surface area contributed by atoms with Crippen molar-refractivity contribution in [1.82, 2.24) is 4.90 Å². The Morgan fingerprint density at radius 1 is 1.08 bits per heavy atom. The Morgan fingerprint density at radius 3 is 2.56 bits per heavy atom. The molecule has 0 spiro atoms. The van der Waals surface area contributed by atoms with E-state index in [4.69, 9.17) is 20.8 Å². The van der Waals surface area contributed by atoms with Gasteiger partial charge in [0, 0.05) is 11.6 Å². The van der Waals surface area contributed by atoms with Gasteiger partial charge in [-0.1, -0.05) is 41.9 Å². The molecule has 3 rings (SSSR count). The molecular formula is C20H18ClNO3. The summed E-state index contributed by atoms with van der Waals surface area (Å²) >= 11 is 6.08. The summed E-state index contributed by atoms with van der Waals surface area (Å²) in [5.74, 6) is 1.04. The van der Waals surface area contributed by atoms with Crippen LogP contribution in [0, 0.1) is 0 Å². The molecule has 25 heavy (non-hydrogen) atoms. The molecule has 128 valence electrons. The number of carbonyl (C=O) groups excluding carboxylic acids is 1. The predicted molar refractivity (Wildman–Crippen MR) is 96.7 cm³/mol. The molecule has 0 saturated carbocycles. The maximum absolute atomic E-state index is 13.2. The van der Waals surface area contributed by atoms with Gasteiger partial charge in [-0.15, -0.1) is 0 Å². The number of nitrogens with zero attached hydrogens (tertiary/aromatic N) is 1. The Kier molecular flexibility index (Phi) is 5.41. The van der Waals surface area contributed by atoms with E-state index in [1.54, 1.807) is 35.4 Å². The zero-order valence-corrected chi connectivity index (χ0v) is 14.6. The minimum absolute atomic E-state index is 0.167. The number of carbonyl (C=O) groups is 1. The molecule has 0 atom stereocenters. The highest BCUT2D eigenvalue weighted by Gasteiger charge is 2.21. The van der Waals surface area contributed by atoms with Gasteiger partial charge in [0.25, 0.3) is 5.91 Å². The third-order valence-electron chi connectivity index (χ3n) is 3.82. The quantitative estimate of drug-likeness (QED) is 0.638. The number of amides is 1. The summed E-state index contributed by atoms with van der Waals surface area (Å²) in [5.41, 5.74) is 1.46. The zero-order valence-electron chi connectivity index (χ0n) is 13.8. The molecule has 0 aliphatic rings. The van der Waals surface area contributed by atoms with Gasteiger partial charge in [-0.2, -0.15) is 0 Å². The summed E-state index contributed by atoms with van der Waals surface area (Å²) in [6.07, 6.45) is 1.60. The Balaban J connectivity index is 1.92. The van der Waals surface area contributed by atoms with Gasteiger partial charge in [0.15, 0.2) is 0 Å². The Labute approximate surface area is 151 Å². The van der Waals surface area contributed by atoms with Gasteiger partial charge < -0.3 is 14.1 Å². The third-order valence-corrected chi connectivity index (χ3v) is 4.06. The molecule has 3 aromatic rings. The lowest BCUT2D eigenvalue weighted by atomic mass is 10.1. The van der Waals surface area contributed by atoms with Crippen molar-refractivity contribution in [2.24, 2.45) is 0 Å². The van der Waals surface area contributed by atoms with Gasteiger partial charge >= 0.3 is 0 Å². The average molecular weight is 356 g/mol. The number of hydrogen-bond acceptors (Lipinski definition) is 3. The minimum Gasteiger partial charge on any atom is -0.496 e. The molecule has 0 N–H and O–H groups in total. The first kappa shape index (κ1) is 17.1. The largest absolute Gasteiger partial charge is 0.496 e. The molecule has 5 heteroatoms. The van der Waals surface area contributed by atoms with Crippen molar-refractivity contribution < 1.29 is 13.9 Å². The summed E-state index contributed by atoms with van der Waals surface area (Å²) < 4.78 is 10.7. The maximum atomic E-state index is 13.2. The minimum atomic E-state index is -0.167. The van der Waals surface area contributed by atoms with E-state index in [1.165, 1.54) is 7.11 Å². The molecular weight excluding hydrogens is 338 g/mol. The lowest BCUT2D eigenvalue weighted by molar-refractivity contribution is 0.0714. The van der Waals surface area contributed by atoms with Crippen molar-refractivity contribution in [2.75, 3.05) is 7.11 Å². The first-order valence-electron chi connectivity index (χ1n) is 7.86. The smallest absolute Gasteiger partial charge is 0.258 e. The standard InChI is InChI=1S/C20H18ClNO3/c1-24-19-10-9-16(21)12-18(19)20(23)22(14-17-8-5-11-25-17)13-15-6-3-2-4-7-15/h2-12H,13-14H2,1H3. The highest BCUT2D eigenvalue weighted by Crippen LogP contribution is 2.25. The fourth-order valence-corrected chi connectivity index (χ4v) is 2.78. The summed E-state index contributed by atoms with van der Waals surface area (Å²) in [6.45, 7) is 0.812. The van der Waals surface area contributed by atoms with Gasteiger partial charge in [0.05, 0.1) is 25.5 Å². The van der Waals surface area contributed by atoms with E-state index >= 15 is 0 Å². The number of methoxy groups -OCH3 is 1. The van der Waals surface area contributed by atoms with Crippen LogP contribution in [-0.2, 0) is 13.1 Å². The van der Waals surface area contributed by atoms with Crippen LogP contribution in [0.3, 0.4) is 0 Å². The van der Waals surface area contributed by atoms with E-state index in [-0.39, 0.29) is 5.91 Å². The van der Waals surface area contributed by atoms with E-state index in [9.17, 15) is 4.79 Å². The summed E-state index contributed by atoms with van der Waals surface area (Å²) in [7, 11) is 1.54. The fraction of sp³-hybridized carbons (Fsp3) is 0.150. The predicted octanol–water partition coefficient (Wildman–Crippen LogP) is 4.78. The topological polar surface area (TPSA) is 42.7 Å². The van der Waals surface area contributed by atoms with Crippen molar-refractivity contribution in [3.05, 3.63) is 88.8 Å². The Bertz CT molecular complexity index is 831. The second-order valence-corrected chi connectivity index (χ2v) is 6.01. The van der Waals surface area contributed by atoms with Crippen LogP contribution in [0.5, 0.6) is 5.75 Å². The van der Waals surface area contributed by atoms with Gasteiger partial charge in [0.1, 0.15) is 11.5 Å². The van der Waals surface area contributed by atoms with E-state index in [0.717, 1.165) is 5.56 Å². The van der Waals surface area contributed by atoms with Crippen LogP contribution in [-0.4, -0.2) is 17.9 Å². The lowest BCUT2D eigenvalue weighted by Gasteiger charge is -2.23. The molecule has 0 aliphatic carbocycles. The molecule has 4 nitrogen and oxygen atoms in total. The number of rotatable bonds is 6. The number of halogens is 1. The van der Waals surface area contributed by atoms with Crippen molar-refractivity contribution >= 4 is 17.5 Å². The first-order chi connectivity index (χ1) is 12.2. The van der Waals surface area contributed by atoms with Crippen molar-refractivity contribution in [2.45, 2.75) is 13.1 Å². The summed E-state index contributed by atoms with van der Waals surface area (Å²) in [6, 6.07) is 18.5. The van der Waals surface area contributed by atoms with E-state index in [2.05, 4.69) is 0 Å². The Morgan fingerprint density at radius 2 is 1.88 bits per heavy atom. The van der Waals surface area contributed by atoms with E-state index in [1.807, 2.05) is 36.4 Å². The van der Waals surface area contributed by atoms with E-state index in [0.29, 0.717) is 35.2 Å². The van der Waals surface area contributed by atoms with Crippen LogP contribution in [0.1, 0.15) is 21.7 Å². The molecule has 0 radical (unpaired) electrons. The molecule has 1 amide bonds. The number of ether oxygens (including phenoxy) is 1. The molecule has 0 aliphatic heterocycles. The van der Waals surface area contributed by atoms with Crippen LogP contribution < -0.4 is 4.74 Å². The second-order valence-electron chi connectivity index (χ2n) is 5.57. The zero-order chi connectivity index (χ0) is 17.6. The van der Waals surface area contributed by atoms with Crippen molar-refractivity contribution in [3.8, 4) is 5.75 Å². The number of furan rings is 1. The van der Waals surface area contributed by atoms with Gasteiger partial charge in [-0.25, -0.2) is 0 Å². The molecule has 1 heterocycles. The third kappa shape index (κ3) is 4.22. The molecule has 0 fully saturated rings. The van der Waals surface area contributed by atoms with Gasteiger partial charge in [-0.3, -0.25) is 4.79 Å². The molecule has 2 aromatic carbocycles. The fourth-order valence-electron chi connectivity index (χ4n) is 2.61. The summed E-state index contributed by atoms with van der Waals surface area (Å²) in [4.78, 5) is 14.9. The number of hydrogen-bond donors (Lipinski definition) is 0. The van der Waals surface area contributed by atoms with Crippen LogP contribution >= 0.6 is 11.6 Å². The average Bonchev–Trinajstić information content (AvgIpc) is 3.14. The first-order valence-corrected chi connectivity index (χ1v) is 8.24. The molecule has 0 bridgehead atoms. The number of benzene rings is 2. The summed E-state index contributed by atoms with van der Waals surface area (Å²) in [5, 5.41) is 0.488. The normalized spacial score (nSPS) is 10.5. The van der Waals surface area contributed by atoms with E-state index < -0.39 is 0 Å².